The van der Waals surface area contributed by atoms with Crippen LogP contribution in [0, 0.1) is 5.92 Å². The summed E-state index contributed by atoms with van der Waals surface area (Å²) in [7, 11) is 0. The van der Waals surface area contributed by atoms with Crippen molar-refractivity contribution in [2.75, 3.05) is 6.54 Å². The van der Waals surface area contributed by atoms with Gasteiger partial charge in [0.15, 0.2) is 11.3 Å². The van der Waals surface area contributed by atoms with Crippen molar-refractivity contribution >= 4 is 11.6 Å². The van der Waals surface area contributed by atoms with Gasteiger partial charge in [-0.2, -0.15) is 10.2 Å². The third kappa shape index (κ3) is 2.57. The molecule has 0 spiro atoms. The quantitative estimate of drug-likeness (QED) is 0.770. The van der Waals surface area contributed by atoms with Gasteiger partial charge in [-0.25, -0.2) is 9.50 Å². The van der Waals surface area contributed by atoms with Crippen LogP contribution in [0.1, 0.15) is 47.2 Å². The lowest BCUT2D eigenvalue weighted by Crippen LogP contribution is -2.31. The predicted octanol–water partition coefficient (Wildman–Crippen LogP) is 1.42. The minimum Gasteiger partial charge on any atom is -0.386 e. The third-order valence-corrected chi connectivity index (χ3v) is 5.19. The van der Waals surface area contributed by atoms with Gasteiger partial charge in [0.05, 0.1) is 24.1 Å². The van der Waals surface area contributed by atoms with E-state index in [1.54, 1.807) is 23.0 Å². The Bertz CT molecular complexity index is 973. The predicted molar refractivity (Wildman–Crippen MR) is 92.3 cm³/mol. The van der Waals surface area contributed by atoms with Crippen LogP contribution in [-0.4, -0.2) is 46.8 Å². The Morgan fingerprint density at radius 1 is 1.31 bits per heavy atom. The van der Waals surface area contributed by atoms with E-state index in [0.29, 0.717) is 30.3 Å². The zero-order chi connectivity index (χ0) is 17.7. The van der Waals surface area contributed by atoms with E-state index in [9.17, 15) is 9.90 Å². The molecule has 0 saturated heterocycles. The Morgan fingerprint density at radius 3 is 3.04 bits per heavy atom. The molecule has 1 N–H and O–H groups in total. The summed E-state index contributed by atoms with van der Waals surface area (Å²) in [6.45, 7) is 1.88. The number of imidazole rings is 1. The molecule has 0 unspecified atom stereocenters. The molecule has 1 atom stereocenters. The van der Waals surface area contributed by atoms with Gasteiger partial charge in [0, 0.05) is 19.3 Å². The lowest BCUT2D eigenvalue weighted by Gasteiger charge is -2.19. The normalized spacial score (nSPS) is 18.6. The van der Waals surface area contributed by atoms with E-state index < -0.39 is 6.10 Å². The van der Waals surface area contributed by atoms with Gasteiger partial charge < -0.3 is 10.0 Å². The van der Waals surface area contributed by atoms with Crippen LogP contribution >= 0.6 is 0 Å². The summed E-state index contributed by atoms with van der Waals surface area (Å²) >= 11 is 0. The second kappa shape index (κ2) is 5.91. The summed E-state index contributed by atoms with van der Waals surface area (Å²) in [5, 5.41) is 19.2. The maximum absolute atomic E-state index is 13.0. The van der Waals surface area contributed by atoms with Crippen LogP contribution in [0.15, 0.2) is 30.6 Å². The Morgan fingerprint density at radius 2 is 2.19 bits per heavy atom. The first-order chi connectivity index (χ1) is 12.7. The number of hydrogen-bond acceptors (Lipinski definition) is 5. The number of aliphatic hydroxyl groups excluding tert-OH is 1. The van der Waals surface area contributed by atoms with E-state index in [2.05, 4.69) is 15.2 Å². The van der Waals surface area contributed by atoms with Crippen LogP contribution in [0.4, 0.5) is 0 Å². The van der Waals surface area contributed by atoms with Crippen LogP contribution in [0.25, 0.3) is 5.65 Å². The molecule has 2 aliphatic rings. The number of carbonyl (C=O) groups excluding carboxylic acids is 1. The zero-order valence-corrected chi connectivity index (χ0v) is 14.3. The molecule has 0 bridgehead atoms. The van der Waals surface area contributed by atoms with Gasteiger partial charge in [-0.15, -0.1) is 0 Å². The van der Waals surface area contributed by atoms with Crippen LogP contribution in [0.2, 0.25) is 0 Å². The van der Waals surface area contributed by atoms with Crippen molar-refractivity contribution in [2.45, 2.75) is 38.5 Å². The largest absolute Gasteiger partial charge is 0.386 e. The van der Waals surface area contributed by atoms with Crippen LogP contribution < -0.4 is 0 Å². The number of amides is 1. The highest BCUT2D eigenvalue weighted by atomic mass is 16.3. The molecule has 0 radical (unpaired) electrons. The SMILES string of the molecule is O=C(c1cnc2cccnn12)N1CCCn2nc([C@H](O)C3CC3)cc2C1. The monoisotopic (exact) mass is 352 g/mol. The van der Waals surface area contributed by atoms with Crippen molar-refractivity contribution in [3.63, 3.8) is 0 Å². The summed E-state index contributed by atoms with van der Waals surface area (Å²) in [6, 6.07) is 5.57. The molecular weight excluding hydrogens is 332 g/mol. The van der Waals surface area contributed by atoms with Gasteiger partial charge in [0.1, 0.15) is 6.10 Å². The second-order valence-corrected chi connectivity index (χ2v) is 7.08. The smallest absolute Gasteiger partial charge is 0.274 e. The lowest BCUT2D eigenvalue weighted by molar-refractivity contribution is 0.0737. The maximum atomic E-state index is 13.0. The van der Waals surface area contributed by atoms with Gasteiger partial charge >= 0.3 is 0 Å². The Hall–Kier alpha value is -2.74. The molecule has 1 aliphatic carbocycles. The van der Waals surface area contributed by atoms with Crippen LogP contribution in [0.5, 0.6) is 0 Å². The number of aromatic nitrogens is 5. The third-order valence-electron chi connectivity index (χ3n) is 5.19. The molecular formula is C18H20N6O2. The minimum atomic E-state index is -0.485. The zero-order valence-electron chi connectivity index (χ0n) is 14.3. The van der Waals surface area contributed by atoms with E-state index in [1.165, 1.54) is 0 Å². The van der Waals surface area contributed by atoms with Gasteiger partial charge in [0.2, 0.25) is 0 Å². The molecule has 26 heavy (non-hydrogen) atoms. The first kappa shape index (κ1) is 15.5. The molecule has 1 amide bonds. The van der Waals surface area contributed by atoms with Crippen molar-refractivity contribution in [1.82, 2.24) is 29.3 Å². The standard InChI is InChI=1S/C18H20N6O2/c25-17(12-4-5-12)14-9-13-11-22(7-2-8-23(13)21-14)18(26)15-10-19-16-3-1-6-20-24(15)16/h1,3,6,9-10,12,17,25H,2,4-5,7-8,11H2/t17-/m1/s1. The first-order valence-corrected chi connectivity index (χ1v) is 9.03. The fourth-order valence-corrected chi connectivity index (χ4v) is 3.59. The van der Waals surface area contributed by atoms with Crippen molar-refractivity contribution in [3.8, 4) is 0 Å². The topological polar surface area (TPSA) is 88.6 Å². The fourth-order valence-electron chi connectivity index (χ4n) is 3.59. The summed E-state index contributed by atoms with van der Waals surface area (Å²) in [5.74, 6) is 0.256. The van der Waals surface area contributed by atoms with Gasteiger partial charge in [0.25, 0.3) is 5.91 Å². The van der Waals surface area contributed by atoms with Crippen molar-refractivity contribution in [2.24, 2.45) is 5.92 Å². The van der Waals surface area contributed by atoms with E-state index in [-0.39, 0.29) is 5.91 Å². The minimum absolute atomic E-state index is 0.0878. The van der Waals surface area contributed by atoms with Crippen LogP contribution in [-0.2, 0) is 13.1 Å². The Balaban J connectivity index is 1.42. The summed E-state index contributed by atoms with van der Waals surface area (Å²) in [5.41, 5.74) is 2.82. The number of hydrogen-bond donors (Lipinski definition) is 1. The number of fused-ring (bicyclic) bond motifs is 2. The highest BCUT2D eigenvalue weighted by Gasteiger charge is 2.33. The molecule has 8 heteroatoms. The van der Waals surface area contributed by atoms with Crippen LogP contribution in [0.3, 0.4) is 0 Å². The molecule has 8 nitrogen and oxygen atoms in total. The molecule has 3 aromatic heterocycles. The first-order valence-electron chi connectivity index (χ1n) is 9.03. The molecule has 1 aliphatic heterocycles. The summed E-state index contributed by atoms with van der Waals surface area (Å²) in [6.07, 6.45) is 5.69. The molecule has 5 rings (SSSR count). The number of aliphatic hydroxyl groups is 1. The Labute approximate surface area is 150 Å². The summed E-state index contributed by atoms with van der Waals surface area (Å²) in [4.78, 5) is 19.1. The molecule has 134 valence electrons. The van der Waals surface area contributed by atoms with Crippen molar-refractivity contribution < 1.29 is 9.90 Å². The number of carbonyl (C=O) groups is 1. The average Bonchev–Trinajstić information content (AvgIpc) is 3.36. The summed E-state index contributed by atoms with van der Waals surface area (Å²) < 4.78 is 3.51. The van der Waals surface area contributed by atoms with Crippen molar-refractivity contribution in [1.29, 1.82) is 0 Å². The van der Waals surface area contributed by atoms with E-state index in [1.807, 2.05) is 21.7 Å². The van der Waals surface area contributed by atoms with E-state index in [0.717, 1.165) is 37.2 Å². The highest BCUT2D eigenvalue weighted by molar-refractivity contribution is 5.93. The second-order valence-electron chi connectivity index (χ2n) is 7.08. The molecule has 4 heterocycles. The molecule has 0 aromatic carbocycles. The van der Waals surface area contributed by atoms with E-state index >= 15 is 0 Å². The highest BCUT2D eigenvalue weighted by Crippen LogP contribution is 2.40. The number of rotatable bonds is 3. The molecule has 1 fully saturated rings. The maximum Gasteiger partial charge on any atom is 0.274 e. The Kier molecular flexibility index (Phi) is 3.53. The fraction of sp³-hybridized carbons (Fsp3) is 0.444. The van der Waals surface area contributed by atoms with Gasteiger partial charge in [-0.1, -0.05) is 0 Å². The number of aryl methyl sites for hydroxylation is 1. The van der Waals surface area contributed by atoms with E-state index in [4.69, 9.17) is 0 Å². The molecule has 3 aromatic rings. The lowest BCUT2D eigenvalue weighted by atomic mass is 10.1. The van der Waals surface area contributed by atoms with Gasteiger partial charge in [-0.3, -0.25) is 9.48 Å². The van der Waals surface area contributed by atoms with Gasteiger partial charge in [-0.05, 0) is 43.4 Å². The number of nitrogens with zero attached hydrogens (tertiary/aromatic N) is 6. The average molecular weight is 352 g/mol. The molecule has 1 saturated carbocycles. The van der Waals surface area contributed by atoms with Crippen molar-refractivity contribution in [3.05, 3.63) is 47.7 Å².